The summed E-state index contributed by atoms with van der Waals surface area (Å²) in [6.07, 6.45) is 4.16. The van der Waals surface area contributed by atoms with Crippen molar-refractivity contribution < 1.29 is 5.11 Å². The van der Waals surface area contributed by atoms with E-state index >= 15 is 0 Å². The molecule has 0 saturated heterocycles. The van der Waals surface area contributed by atoms with Gasteiger partial charge in [-0.25, -0.2) is 4.98 Å². The average molecular weight is 271 g/mol. The van der Waals surface area contributed by atoms with E-state index in [-0.39, 0.29) is 18.2 Å². The Balaban J connectivity index is 2.43. The quantitative estimate of drug-likeness (QED) is 0.699. The Labute approximate surface area is 112 Å². The molecule has 0 amide bonds. The summed E-state index contributed by atoms with van der Waals surface area (Å²) in [6.45, 7) is 4.88. The summed E-state index contributed by atoms with van der Waals surface area (Å²) in [4.78, 5) is 16.0. The third-order valence-corrected chi connectivity index (χ3v) is 3.48. The Bertz CT molecular complexity index is 407. The van der Waals surface area contributed by atoms with Crippen molar-refractivity contribution in [1.82, 2.24) is 9.55 Å². The van der Waals surface area contributed by atoms with Gasteiger partial charge in [-0.05, 0) is 26.0 Å². The highest BCUT2D eigenvalue weighted by Crippen LogP contribution is 2.03. The molecule has 1 heterocycles. The Kier molecular flexibility index (Phi) is 6.82. The van der Waals surface area contributed by atoms with E-state index in [9.17, 15) is 4.79 Å². The Hall–Kier alpha value is -1.01. The summed E-state index contributed by atoms with van der Waals surface area (Å²) in [6, 6.07) is 0.139. The third kappa shape index (κ3) is 4.70. The van der Waals surface area contributed by atoms with E-state index in [1.54, 1.807) is 28.7 Å². The highest BCUT2D eigenvalue weighted by Gasteiger charge is 2.06. The minimum Gasteiger partial charge on any atom is -0.396 e. The maximum absolute atomic E-state index is 12.0. The van der Waals surface area contributed by atoms with E-state index in [1.165, 1.54) is 0 Å². The van der Waals surface area contributed by atoms with Gasteiger partial charge in [0.2, 0.25) is 0 Å². The number of aliphatic hydroxyl groups is 1. The van der Waals surface area contributed by atoms with E-state index in [4.69, 9.17) is 5.11 Å². The molecule has 102 valence electrons. The number of thioether (sulfide) groups is 1. The summed E-state index contributed by atoms with van der Waals surface area (Å²) in [5.41, 5.74) is -0.0761. The number of aromatic nitrogens is 2. The van der Waals surface area contributed by atoms with Crippen LogP contribution in [-0.2, 0) is 0 Å². The van der Waals surface area contributed by atoms with Crippen molar-refractivity contribution in [2.75, 3.05) is 30.0 Å². The predicted octanol–water partition coefficient (Wildman–Crippen LogP) is 1.35. The lowest BCUT2D eigenvalue weighted by atomic mass is 10.4. The maximum Gasteiger partial charge on any atom is 0.293 e. The topological polar surface area (TPSA) is 67.2 Å². The summed E-state index contributed by atoms with van der Waals surface area (Å²) < 4.78 is 1.66. The molecule has 0 unspecified atom stereocenters. The lowest BCUT2D eigenvalue weighted by Gasteiger charge is -2.11. The van der Waals surface area contributed by atoms with Crippen LogP contribution in [0.5, 0.6) is 0 Å². The number of hydrogen-bond acceptors (Lipinski definition) is 5. The molecule has 0 aliphatic heterocycles. The van der Waals surface area contributed by atoms with Crippen LogP contribution in [0.2, 0.25) is 0 Å². The molecule has 0 aromatic carbocycles. The van der Waals surface area contributed by atoms with Gasteiger partial charge in [-0.15, -0.1) is 0 Å². The first-order valence-corrected chi connectivity index (χ1v) is 7.32. The molecule has 1 aromatic heterocycles. The van der Waals surface area contributed by atoms with Gasteiger partial charge < -0.3 is 15.0 Å². The molecule has 1 aromatic rings. The van der Waals surface area contributed by atoms with E-state index < -0.39 is 0 Å². The lowest BCUT2D eigenvalue weighted by Crippen LogP contribution is -2.26. The molecular weight excluding hydrogens is 250 g/mol. The lowest BCUT2D eigenvalue weighted by molar-refractivity contribution is 0.296. The average Bonchev–Trinajstić information content (AvgIpc) is 2.35. The number of nitrogens with one attached hydrogen (secondary N) is 1. The molecule has 0 aliphatic rings. The van der Waals surface area contributed by atoms with Crippen molar-refractivity contribution in [3.8, 4) is 0 Å². The highest BCUT2D eigenvalue weighted by molar-refractivity contribution is 7.99. The van der Waals surface area contributed by atoms with E-state index in [0.717, 1.165) is 17.9 Å². The number of nitrogens with zero attached hydrogens (tertiary/aromatic N) is 2. The van der Waals surface area contributed by atoms with Crippen LogP contribution < -0.4 is 10.9 Å². The first-order chi connectivity index (χ1) is 8.66. The molecule has 0 saturated carbocycles. The molecule has 0 spiro atoms. The second-order valence-corrected chi connectivity index (χ2v) is 5.42. The Morgan fingerprint density at radius 3 is 2.94 bits per heavy atom. The van der Waals surface area contributed by atoms with Gasteiger partial charge in [0, 0.05) is 37.3 Å². The largest absolute Gasteiger partial charge is 0.396 e. The van der Waals surface area contributed by atoms with E-state index in [1.807, 2.05) is 13.8 Å². The van der Waals surface area contributed by atoms with Gasteiger partial charge in [0.25, 0.3) is 5.56 Å². The van der Waals surface area contributed by atoms with Gasteiger partial charge in [-0.1, -0.05) is 0 Å². The van der Waals surface area contributed by atoms with Crippen molar-refractivity contribution in [3.63, 3.8) is 0 Å². The maximum atomic E-state index is 12.0. The van der Waals surface area contributed by atoms with Crippen molar-refractivity contribution in [2.45, 2.75) is 26.3 Å². The van der Waals surface area contributed by atoms with Crippen LogP contribution in [0, 0.1) is 0 Å². The normalized spacial score (nSPS) is 10.9. The Morgan fingerprint density at radius 1 is 1.50 bits per heavy atom. The van der Waals surface area contributed by atoms with Crippen LogP contribution in [0.3, 0.4) is 0 Å². The SMILES string of the molecule is CC(C)n1ccnc(NCCSCCCO)c1=O. The zero-order valence-corrected chi connectivity index (χ0v) is 11.7. The van der Waals surface area contributed by atoms with Crippen LogP contribution in [0.25, 0.3) is 0 Å². The van der Waals surface area contributed by atoms with Gasteiger partial charge in [0.15, 0.2) is 5.82 Å². The highest BCUT2D eigenvalue weighted by atomic mass is 32.2. The molecule has 18 heavy (non-hydrogen) atoms. The standard InChI is InChI=1S/C12H21N3O2S/c1-10(2)15-6-4-13-11(12(15)17)14-5-9-18-8-3-7-16/h4,6,10,16H,3,5,7-9H2,1-2H3,(H,13,14). The summed E-state index contributed by atoms with van der Waals surface area (Å²) >= 11 is 1.75. The fraction of sp³-hybridized carbons (Fsp3) is 0.667. The second kappa shape index (κ2) is 8.16. The molecule has 6 heteroatoms. The van der Waals surface area contributed by atoms with Gasteiger partial charge in [-0.3, -0.25) is 4.79 Å². The van der Waals surface area contributed by atoms with Crippen LogP contribution in [0.4, 0.5) is 5.82 Å². The third-order valence-electron chi connectivity index (χ3n) is 2.41. The summed E-state index contributed by atoms with van der Waals surface area (Å²) in [5.74, 6) is 2.25. The van der Waals surface area contributed by atoms with E-state index in [0.29, 0.717) is 12.4 Å². The zero-order valence-electron chi connectivity index (χ0n) is 10.9. The number of hydrogen-bond donors (Lipinski definition) is 2. The summed E-state index contributed by atoms with van der Waals surface area (Å²) in [7, 11) is 0. The van der Waals surface area contributed by atoms with Crippen LogP contribution in [-0.4, -0.2) is 39.3 Å². The summed E-state index contributed by atoms with van der Waals surface area (Å²) in [5, 5.41) is 11.7. The number of anilines is 1. The Morgan fingerprint density at radius 2 is 2.28 bits per heavy atom. The van der Waals surface area contributed by atoms with E-state index in [2.05, 4.69) is 10.3 Å². The zero-order chi connectivity index (χ0) is 13.4. The first-order valence-electron chi connectivity index (χ1n) is 6.16. The fourth-order valence-electron chi connectivity index (χ4n) is 1.46. The molecule has 0 bridgehead atoms. The first kappa shape index (κ1) is 15.0. The second-order valence-electron chi connectivity index (χ2n) is 4.20. The fourth-order valence-corrected chi connectivity index (χ4v) is 2.25. The molecule has 0 fully saturated rings. The smallest absolute Gasteiger partial charge is 0.293 e. The minimum atomic E-state index is -0.0761. The van der Waals surface area contributed by atoms with Crippen molar-refractivity contribution >= 4 is 17.6 Å². The van der Waals surface area contributed by atoms with Crippen molar-refractivity contribution in [1.29, 1.82) is 0 Å². The van der Waals surface area contributed by atoms with Gasteiger partial charge in [0.05, 0.1) is 0 Å². The van der Waals surface area contributed by atoms with Gasteiger partial charge in [-0.2, -0.15) is 11.8 Å². The molecule has 0 aliphatic carbocycles. The molecule has 2 N–H and O–H groups in total. The van der Waals surface area contributed by atoms with Gasteiger partial charge in [0.1, 0.15) is 0 Å². The molecular formula is C12H21N3O2S. The minimum absolute atomic E-state index is 0.0761. The van der Waals surface area contributed by atoms with Crippen molar-refractivity contribution in [3.05, 3.63) is 22.7 Å². The molecule has 0 atom stereocenters. The number of rotatable bonds is 8. The molecule has 5 nitrogen and oxygen atoms in total. The monoisotopic (exact) mass is 271 g/mol. The van der Waals surface area contributed by atoms with Crippen LogP contribution >= 0.6 is 11.8 Å². The number of aliphatic hydroxyl groups excluding tert-OH is 1. The predicted molar refractivity (Wildman–Crippen MR) is 76.4 cm³/mol. The molecule has 1 rings (SSSR count). The van der Waals surface area contributed by atoms with Gasteiger partial charge >= 0.3 is 0 Å². The van der Waals surface area contributed by atoms with Crippen molar-refractivity contribution in [2.24, 2.45) is 0 Å². The molecule has 0 radical (unpaired) electrons. The van der Waals surface area contributed by atoms with Crippen LogP contribution in [0.1, 0.15) is 26.3 Å². The van der Waals surface area contributed by atoms with Crippen LogP contribution in [0.15, 0.2) is 17.2 Å².